The summed E-state index contributed by atoms with van der Waals surface area (Å²) in [5, 5.41) is 0. The van der Waals surface area contributed by atoms with Gasteiger partial charge in [0.15, 0.2) is 9.84 Å². The molecule has 1 aromatic heterocycles. The molecule has 1 saturated heterocycles. The van der Waals surface area contributed by atoms with E-state index in [-0.39, 0.29) is 48.4 Å². The number of likely N-dealkylation sites (tertiary alicyclic amines) is 1. The van der Waals surface area contributed by atoms with Crippen molar-refractivity contribution in [1.82, 2.24) is 14.5 Å². The number of imidazole rings is 1. The highest BCUT2D eigenvalue weighted by molar-refractivity contribution is 7.92. The van der Waals surface area contributed by atoms with E-state index in [1.807, 2.05) is 4.90 Å². The van der Waals surface area contributed by atoms with Gasteiger partial charge in [0.2, 0.25) is 0 Å². The predicted molar refractivity (Wildman–Crippen MR) is 127 cm³/mol. The van der Waals surface area contributed by atoms with Crippen molar-refractivity contribution >= 4 is 9.84 Å². The number of halogens is 8. The summed E-state index contributed by atoms with van der Waals surface area (Å²) in [6, 6.07) is 5.03. The molecule has 1 aliphatic carbocycles. The van der Waals surface area contributed by atoms with Crippen molar-refractivity contribution in [2.24, 2.45) is 7.05 Å². The van der Waals surface area contributed by atoms with Gasteiger partial charge < -0.3 is 4.57 Å². The Morgan fingerprint density at radius 1 is 1.00 bits per heavy atom. The van der Waals surface area contributed by atoms with Gasteiger partial charge in [-0.15, -0.1) is 0 Å². The number of hydrogen-bond acceptors (Lipinski definition) is 4. The standard InChI is InChI=1S/C26H23F8N3O2S/c1-36-13-11-35-22(36)15-37-12-10-23(40(38,39)19-6-4-18(27)5-7-19)20-8-3-17(14-16(20)2-9-21(23)37)24(28,25(29,30)31)26(32,33)34/h3-8,11,13-14,21H,2,9-10,12,15H2,1H3/t21-,23-/m1/s1. The van der Waals surface area contributed by atoms with Crippen molar-refractivity contribution in [3.05, 3.63) is 83.2 Å². The van der Waals surface area contributed by atoms with Crippen LogP contribution in [0.1, 0.15) is 35.4 Å². The molecule has 0 N–H and O–H groups in total. The van der Waals surface area contributed by atoms with Gasteiger partial charge in [0.1, 0.15) is 16.4 Å². The van der Waals surface area contributed by atoms with Crippen molar-refractivity contribution in [3.63, 3.8) is 0 Å². The first-order valence-corrected chi connectivity index (χ1v) is 13.7. The van der Waals surface area contributed by atoms with Gasteiger partial charge in [0, 0.05) is 37.6 Å². The quantitative estimate of drug-likeness (QED) is 0.280. The first-order chi connectivity index (χ1) is 18.5. The molecule has 2 aliphatic rings. The highest BCUT2D eigenvalue weighted by atomic mass is 32.2. The smallest absolute Gasteiger partial charge is 0.337 e. The van der Waals surface area contributed by atoms with Crippen molar-refractivity contribution < 1.29 is 43.5 Å². The maximum absolute atomic E-state index is 14.9. The number of aryl methyl sites for hydroxylation is 2. The van der Waals surface area contributed by atoms with Gasteiger partial charge >= 0.3 is 18.0 Å². The Bertz CT molecular complexity index is 1520. The first-order valence-electron chi connectivity index (χ1n) is 12.2. The second kappa shape index (κ2) is 9.26. The Morgan fingerprint density at radius 2 is 1.65 bits per heavy atom. The number of rotatable bonds is 5. The molecule has 216 valence electrons. The fraction of sp³-hybridized carbons (Fsp3) is 0.423. The fourth-order valence-corrected chi connectivity index (χ4v) is 8.46. The molecule has 0 radical (unpaired) electrons. The molecule has 40 heavy (non-hydrogen) atoms. The van der Waals surface area contributed by atoms with Crippen LogP contribution in [0.4, 0.5) is 35.1 Å². The number of aromatic nitrogens is 2. The summed E-state index contributed by atoms with van der Waals surface area (Å²) in [6.45, 7) is 0.454. The second-order valence-electron chi connectivity index (χ2n) is 10.1. The molecule has 0 amide bonds. The average Bonchev–Trinajstić information content (AvgIpc) is 3.46. The summed E-state index contributed by atoms with van der Waals surface area (Å²) in [5.41, 5.74) is -7.42. The van der Waals surface area contributed by atoms with E-state index in [1.165, 1.54) is 0 Å². The lowest BCUT2D eigenvalue weighted by Gasteiger charge is -2.43. The number of sulfone groups is 1. The minimum absolute atomic E-state index is 0.00543. The SMILES string of the molecule is Cn1ccnc1CN1CC[C@@]2(S(=O)(=O)c3ccc(F)cc3)c3ccc(C(F)(C(F)(F)F)C(F)(F)F)cc3CC[C@@H]12. The topological polar surface area (TPSA) is 55.2 Å². The van der Waals surface area contributed by atoms with E-state index in [2.05, 4.69) is 4.98 Å². The third kappa shape index (κ3) is 4.05. The minimum atomic E-state index is -6.30. The minimum Gasteiger partial charge on any atom is -0.337 e. The van der Waals surface area contributed by atoms with Crippen LogP contribution in [-0.4, -0.2) is 47.8 Å². The van der Waals surface area contributed by atoms with Gasteiger partial charge in [0.05, 0.1) is 11.4 Å². The van der Waals surface area contributed by atoms with Crippen LogP contribution in [0.3, 0.4) is 0 Å². The summed E-state index contributed by atoms with van der Waals surface area (Å²) < 4.78 is 138. The lowest BCUT2D eigenvalue weighted by molar-refractivity contribution is -0.348. The van der Waals surface area contributed by atoms with Gasteiger partial charge in [-0.3, -0.25) is 4.90 Å². The van der Waals surface area contributed by atoms with Crippen LogP contribution in [0.5, 0.6) is 0 Å². The molecule has 3 aromatic rings. The molecule has 0 spiro atoms. The lowest BCUT2D eigenvalue weighted by Crippen LogP contribution is -2.52. The Morgan fingerprint density at radius 3 is 2.23 bits per heavy atom. The zero-order valence-electron chi connectivity index (χ0n) is 20.9. The van der Waals surface area contributed by atoms with Crippen LogP contribution in [0.2, 0.25) is 0 Å². The normalized spacial score (nSPS) is 22.3. The molecule has 1 aliphatic heterocycles. The number of benzene rings is 2. The van der Waals surface area contributed by atoms with Crippen molar-refractivity contribution in [2.45, 2.75) is 59.5 Å². The van der Waals surface area contributed by atoms with Crippen LogP contribution >= 0.6 is 0 Å². The molecule has 14 heteroatoms. The van der Waals surface area contributed by atoms with Gasteiger partial charge in [-0.1, -0.05) is 18.2 Å². The predicted octanol–water partition coefficient (Wildman–Crippen LogP) is 5.74. The molecule has 0 bridgehead atoms. The van der Waals surface area contributed by atoms with E-state index in [0.29, 0.717) is 18.0 Å². The Balaban J connectivity index is 1.69. The zero-order valence-corrected chi connectivity index (χ0v) is 21.7. The van der Waals surface area contributed by atoms with Gasteiger partial charge in [-0.2, -0.15) is 26.3 Å². The van der Waals surface area contributed by atoms with E-state index in [1.54, 1.807) is 24.0 Å². The Hall–Kier alpha value is -3.00. The van der Waals surface area contributed by atoms with E-state index >= 15 is 0 Å². The van der Waals surface area contributed by atoms with Crippen molar-refractivity contribution in [1.29, 1.82) is 0 Å². The van der Waals surface area contributed by atoms with Gasteiger partial charge in [-0.25, -0.2) is 22.2 Å². The van der Waals surface area contributed by atoms with E-state index in [9.17, 15) is 43.5 Å². The molecule has 1 fully saturated rings. The van der Waals surface area contributed by atoms with Crippen LogP contribution in [0.25, 0.3) is 0 Å². The number of nitrogens with zero attached hydrogens (tertiary/aromatic N) is 3. The van der Waals surface area contributed by atoms with E-state index < -0.39 is 50.0 Å². The number of alkyl halides is 7. The fourth-order valence-electron chi connectivity index (χ4n) is 6.07. The molecular formula is C26H23F8N3O2S. The summed E-state index contributed by atoms with van der Waals surface area (Å²) >= 11 is 0. The molecule has 0 saturated carbocycles. The highest BCUT2D eigenvalue weighted by Gasteiger charge is 2.73. The largest absolute Gasteiger partial charge is 0.435 e. The van der Waals surface area contributed by atoms with Crippen LogP contribution in [-0.2, 0) is 40.3 Å². The summed E-state index contributed by atoms with van der Waals surface area (Å²) in [5.74, 6) is -0.0724. The Labute approximate surface area is 224 Å². The monoisotopic (exact) mass is 593 g/mol. The maximum atomic E-state index is 14.9. The molecule has 0 unspecified atom stereocenters. The summed E-state index contributed by atoms with van der Waals surface area (Å²) in [7, 11) is -2.64. The molecule has 2 heterocycles. The highest BCUT2D eigenvalue weighted by Crippen LogP contribution is 2.56. The van der Waals surface area contributed by atoms with Crippen molar-refractivity contribution in [2.75, 3.05) is 6.54 Å². The summed E-state index contributed by atoms with van der Waals surface area (Å²) in [6.07, 6.45) is -9.42. The number of fused-ring (bicyclic) bond motifs is 3. The summed E-state index contributed by atoms with van der Waals surface area (Å²) in [4.78, 5) is 5.89. The van der Waals surface area contributed by atoms with Crippen LogP contribution < -0.4 is 0 Å². The molecule has 2 aromatic carbocycles. The molecule has 2 atom stereocenters. The Kier molecular flexibility index (Phi) is 6.61. The average molecular weight is 594 g/mol. The third-order valence-electron chi connectivity index (χ3n) is 8.05. The van der Waals surface area contributed by atoms with Gasteiger partial charge in [-0.05, 0) is 54.7 Å². The van der Waals surface area contributed by atoms with E-state index in [0.717, 1.165) is 30.3 Å². The van der Waals surface area contributed by atoms with Crippen molar-refractivity contribution in [3.8, 4) is 0 Å². The van der Waals surface area contributed by atoms with Crippen LogP contribution in [0.15, 0.2) is 59.8 Å². The lowest BCUT2D eigenvalue weighted by atomic mass is 9.77. The van der Waals surface area contributed by atoms with E-state index in [4.69, 9.17) is 0 Å². The van der Waals surface area contributed by atoms with Crippen LogP contribution in [0, 0.1) is 5.82 Å². The molecular weight excluding hydrogens is 570 g/mol. The first kappa shape index (κ1) is 28.5. The second-order valence-corrected chi connectivity index (χ2v) is 12.3. The zero-order chi connectivity index (χ0) is 29.3. The third-order valence-corrected chi connectivity index (χ3v) is 10.6. The number of hydrogen-bond donors (Lipinski definition) is 0. The molecule has 5 rings (SSSR count). The van der Waals surface area contributed by atoms with Gasteiger partial charge in [0.25, 0.3) is 0 Å². The molecule has 5 nitrogen and oxygen atoms in total. The maximum Gasteiger partial charge on any atom is 0.435 e.